The molecule has 0 aromatic heterocycles. The van der Waals surface area contributed by atoms with Gasteiger partial charge in [-0.1, -0.05) is 13.5 Å². The highest BCUT2D eigenvalue weighted by molar-refractivity contribution is 5.87. The second kappa shape index (κ2) is 8.44. The van der Waals surface area contributed by atoms with Crippen LogP contribution in [0.2, 0.25) is 0 Å². The molecule has 0 aliphatic rings. The fraction of sp³-hybridized carbons (Fsp3) is 0.727. The van der Waals surface area contributed by atoms with Crippen molar-refractivity contribution in [3.05, 3.63) is 12.7 Å². The zero-order valence-electron chi connectivity index (χ0n) is 9.79. The average Bonchev–Trinajstić information content (AvgIpc) is 2.25. The van der Waals surface area contributed by atoms with Crippen LogP contribution in [0.5, 0.6) is 0 Å². The molecule has 1 amide bonds. The maximum Gasteiger partial charge on any atom is 0.243 e. The minimum atomic E-state index is -0.381. The maximum absolute atomic E-state index is 11.2. The van der Waals surface area contributed by atoms with Crippen molar-refractivity contribution in [3.63, 3.8) is 0 Å². The first-order valence-electron chi connectivity index (χ1n) is 5.35. The summed E-state index contributed by atoms with van der Waals surface area (Å²) in [7, 11) is 0. The molecular weight excluding hydrogens is 194 g/mol. The minimum absolute atomic E-state index is 0.129. The third kappa shape index (κ3) is 5.54. The lowest BCUT2D eigenvalue weighted by Gasteiger charge is -2.26. The third-order valence-corrected chi connectivity index (χ3v) is 1.94. The quantitative estimate of drug-likeness (QED) is 0.492. The van der Waals surface area contributed by atoms with Gasteiger partial charge in [0.2, 0.25) is 5.91 Å². The summed E-state index contributed by atoms with van der Waals surface area (Å²) >= 11 is 0. The van der Waals surface area contributed by atoms with Crippen LogP contribution in [-0.2, 0) is 14.3 Å². The van der Waals surface area contributed by atoms with Crippen LogP contribution in [0, 0.1) is 0 Å². The number of nitrogens with one attached hydrogen (secondary N) is 1. The number of rotatable bonds is 8. The monoisotopic (exact) mass is 215 g/mol. The Hall–Kier alpha value is -0.870. The molecule has 0 radical (unpaired) electrons. The van der Waals surface area contributed by atoms with Gasteiger partial charge in [0.15, 0.2) is 6.29 Å². The van der Waals surface area contributed by atoms with Crippen molar-refractivity contribution in [2.24, 2.45) is 0 Å². The number of hydrogen-bond donors (Lipinski definition) is 1. The lowest BCUT2D eigenvalue weighted by molar-refractivity contribution is -0.157. The Kier molecular flexibility index (Phi) is 7.95. The van der Waals surface area contributed by atoms with E-state index in [1.807, 2.05) is 20.8 Å². The molecule has 4 heteroatoms. The Morgan fingerprint density at radius 2 is 1.87 bits per heavy atom. The number of carbonyl (C=O) groups excluding carboxylic acids is 1. The van der Waals surface area contributed by atoms with Gasteiger partial charge in [-0.25, -0.2) is 0 Å². The molecule has 15 heavy (non-hydrogen) atoms. The summed E-state index contributed by atoms with van der Waals surface area (Å²) in [5, 5.41) is 2.78. The van der Waals surface area contributed by atoms with Gasteiger partial charge in [0, 0.05) is 13.2 Å². The number of hydrogen-bond acceptors (Lipinski definition) is 3. The molecule has 0 aliphatic heterocycles. The molecule has 0 spiro atoms. The molecule has 88 valence electrons. The van der Waals surface area contributed by atoms with Crippen LogP contribution in [-0.4, -0.2) is 31.5 Å². The summed E-state index contributed by atoms with van der Waals surface area (Å²) in [5.74, 6) is -0.203. The van der Waals surface area contributed by atoms with E-state index in [2.05, 4.69) is 11.9 Å². The Labute approximate surface area is 91.6 Å². The van der Waals surface area contributed by atoms with E-state index < -0.39 is 0 Å². The Balaban J connectivity index is 4.28. The largest absolute Gasteiger partial charge is 0.351 e. The zero-order valence-corrected chi connectivity index (χ0v) is 9.79. The van der Waals surface area contributed by atoms with Crippen molar-refractivity contribution < 1.29 is 14.3 Å². The van der Waals surface area contributed by atoms with Crippen LogP contribution in [0.3, 0.4) is 0 Å². The first-order chi connectivity index (χ1) is 7.19. The van der Waals surface area contributed by atoms with Crippen LogP contribution >= 0.6 is 0 Å². The summed E-state index contributed by atoms with van der Waals surface area (Å²) in [6.07, 6.45) is 1.62. The van der Waals surface area contributed by atoms with Gasteiger partial charge in [0.05, 0.1) is 6.04 Å². The molecular formula is C11H21NO3. The van der Waals surface area contributed by atoms with Gasteiger partial charge in [-0.05, 0) is 26.3 Å². The molecule has 1 N–H and O–H groups in total. The highest BCUT2D eigenvalue weighted by Gasteiger charge is 2.21. The van der Waals surface area contributed by atoms with Crippen molar-refractivity contribution in [3.8, 4) is 0 Å². The topological polar surface area (TPSA) is 47.6 Å². The van der Waals surface area contributed by atoms with Gasteiger partial charge >= 0.3 is 0 Å². The van der Waals surface area contributed by atoms with Crippen molar-refractivity contribution in [1.29, 1.82) is 0 Å². The first-order valence-corrected chi connectivity index (χ1v) is 5.35. The molecule has 0 fully saturated rings. The van der Waals surface area contributed by atoms with Crippen LogP contribution < -0.4 is 5.32 Å². The van der Waals surface area contributed by atoms with Gasteiger partial charge < -0.3 is 14.8 Å². The average molecular weight is 215 g/mol. The first kappa shape index (κ1) is 14.1. The summed E-state index contributed by atoms with van der Waals surface area (Å²) in [4.78, 5) is 11.2. The van der Waals surface area contributed by atoms with Gasteiger partial charge in [-0.15, -0.1) is 0 Å². The van der Waals surface area contributed by atoms with E-state index in [1.165, 1.54) is 6.08 Å². The Morgan fingerprint density at radius 1 is 1.33 bits per heavy atom. The lowest BCUT2D eigenvalue weighted by Crippen LogP contribution is -2.45. The minimum Gasteiger partial charge on any atom is -0.351 e. The molecule has 0 aromatic carbocycles. The highest BCUT2D eigenvalue weighted by atomic mass is 16.7. The summed E-state index contributed by atoms with van der Waals surface area (Å²) < 4.78 is 10.8. The molecule has 0 aromatic rings. The van der Waals surface area contributed by atoms with Crippen molar-refractivity contribution >= 4 is 5.91 Å². The highest BCUT2D eigenvalue weighted by Crippen LogP contribution is 2.06. The fourth-order valence-corrected chi connectivity index (χ4v) is 1.21. The van der Waals surface area contributed by atoms with Gasteiger partial charge in [0.25, 0.3) is 0 Å². The molecule has 1 unspecified atom stereocenters. The van der Waals surface area contributed by atoms with E-state index in [1.54, 1.807) is 0 Å². The summed E-state index contributed by atoms with van der Waals surface area (Å²) in [6.45, 7) is 10.3. The van der Waals surface area contributed by atoms with Gasteiger partial charge in [-0.3, -0.25) is 4.79 Å². The van der Waals surface area contributed by atoms with Crippen LogP contribution in [0.15, 0.2) is 12.7 Å². The van der Waals surface area contributed by atoms with E-state index in [0.29, 0.717) is 13.2 Å². The number of carbonyl (C=O) groups is 1. The molecule has 0 saturated heterocycles. The van der Waals surface area contributed by atoms with Crippen molar-refractivity contribution in [2.45, 2.75) is 39.5 Å². The van der Waals surface area contributed by atoms with Crippen LogP contribution in [0.25, 0.3) is 0 Å². The molecule has 1 atom stereocenters. The fourth-order valence-electron chi connectivity index (χ4n) is 1.21. The normalized spacial score (nSPS) is 12.5. The van der Waals surface area contributed by atoms with Crippen molar-refractivity contribution in [1.82, 2.24) is 5.32 Å². The molecule has 0 saturated carbocycles. The SMILES string of the molecule is C=CC(=O)NC(CC)C(OCC)OCC. The predicted molar refractivity (Wildman–Crippen MR) is 59.5 cm³/mol. The van der Waals surface area contributed by atoms with Crippen LogP contribution in [0.4, 0.5) is 0 Å². The Morgan fingerprint density at radius 3 is 2.20 bits per heavy atom. The number of ether oxygens (including phenoxy) is 2. The number of amides is 1. The van der Waals surface area contributed by atoms with Crippen LogP contribution in [0.1, 0.15) is 27.2 Å². The standard InChI is InChI=1S/C11H21NO3/c1-5-9(12-10(13)6-2)11(14-7-3)15-8-4/h6,9,11H,2,5,7-8H2,1,3-4H3,(H,12,13). The second-order valence-corrected chi connectivity index (χ2v) is 3.01. The van der Waals surface area contributed by atoms with E-state index in [9.17, 15) is 4.79 Å². The molecule has 0 bridgehead atoms. The summed E-state index contributed by atoms with van der Waals surface area (Å²) in [6, 6.07) is -0.129. The van der Waals surface area contributed by atoms with E-state index in [4.69, 9.17) is 9.47 Å². The second-order valence-electron chi connectivity index (χ2n) is 3.01. The molecule has 4 nitrogen and oxygen atoms in total. The molecule has 0 rings (SSSR count). The van der Waals surface area contributed by atoms with Gasteiger partial charge in [-0.2, -0.15) is 0 Å². The Bertz CT molecular complexity index is 188. The molecule has 0 heterocycles. The van der Waals surface area contributed by atoms with E-state index in [-0.39, 0.29) is 18.2 Å². The smallest absolute Gasteiger partial charge is 0.243 e. The van der Waals surface area contributed by atoms with E-state index >= 15 is 0 Å². The van der Waals surface area contributed by atoms with Gasteiger partial charge in [0.1, 0.15) is 0 Å². The zero-order chi connectivity index (χ0) is 11.7. The summed E-state index contributed by atoms with van der Waals surface area (Å²) in [5.41, 5.74) is 0. The predicted octanol–water partition coefficient (Wildman–Crippen LogP) is 1.47. The lowest BCUT2D eigenvalue weighted by atomic mass is 10.2. The maximum atomic E-state index is 11.2. The van der Waals surface area contributed by atoms with E-state index in [0.717, 1.165) is 6.42 Å². The third-order valence-electron chi connectivity index (χ3n) is 1.94. The molecule has 0 aliphatic carbocycles. The van der Waals surface area contributed by atoms with Crippen molar-refractivity contribution in [2.75, 3.05) is 13.2 Å².